The van der Waals surface area contributed by atoms with Crippen molar-refractivity contribution in [2.45, 2.75) is 6.92 Å². The predicted octanol–water partition coefficient (Wildman–Crippen LogP) is 2.81. The molecule has 9 nitrogen and oxygen atoms in total. The molecule has 0 bridgehead atoms. The first-order valence-electron chi connectivity index (χ1n) is 8.72. The van der Waals surface area contributed by atoms with Crippen molar-refractivity contribution in [3.05, 3.63) is 48.9 Å². The minimum atomic E-state index is -0.331. The number of pyridine rings is 1. The number of nitrogen functional groups attached to an aromatic ring is 1. The van der Waals surface area contributed by atoms with E-state index in [9.17, 15) is 4.79 Å². The summed E-state index contributed by atoms with van der Waals surface area (Å²) >= 11 is 0. The monoisotopic (exact) mass is 374 g/mol. The van der Waals surface area contributed by atoms with Crippen molar-refractivity contribution < 1.29 is 4.79 Å². The average molecular weight is 374 g/mol. The Morgan fingerprint density at radius 3 is 2.68 bits per heavy atom. The van der Waals surface area contributed by atoms with Crippen molar-refractivity contribution in [1.82, 2.24) is 30.2 Å². The number of aromatic amines is 1. The average Bonchev–Trinajstić information content (AvgIpc) is 3.10. The number of fused-ring (bicyclic) bond motifs is 1. The predicted molar refractivity (Wildman–Crippen MR) is 107 cm³/mol. The molecule has 0 atom stereocenters. The lowest BCUT2D eigenvalue weighted by atomic mass is 10.0. The highest BCUT2D eigenvalue weighted by Crippen LogP contribution is 2.32. The van der Waals surface area contributed by atoms with Crippen molar-refractivity contribution >= 4 is 28.8 Å². The van der Waals surface area contributed by atoms with E-state index in [2.05, 4.69) is 35.6 Å². The fourth-order valence-corrected chi connectivity index (χ4v) is 2.84. The Morgan fingerprint density at radius 1 is 1.14 bits per heavy atom. The van der Waals surface area contributed by atoms with E-state index in [0.29, 0.717) is 29.7 Å². The number of carbonyl (C=O) groups is 1. The first-order valence-corrected chi connectivity index (χ1v) is 8.72. The van der Waals surface area contributed by atoms with Gasteiger partial charge in [0.05, 0.1) is 11.0 Å². The van der Waals surface area contributed by atoms with Gasteiger partial charge in [0.1, 0.15) is 5.82 Å². The molecule has 0 aliphatic rings. The molecule has 4 aromatic rings. The summed E-state index contributed by atoms with van der Waals surface area (Å²) in [6, 6.07) is 8.92. The summed E-state index contributed by atoms with van der Waals surface area (Å²) in [6.07, 6.45) is 5.05. The molecule has 0 spiro atoms. The van der Waals surface area contributed by atoms with Gasteiger partial charge in [0, 0.05) is 36.3 Å². The van der Waals surface area contributed by atoms with Crippen LogP contribution in [-0.2, 0) is 0 Å². The minimum absolute atomic E-state index is 0.331. The van der Waals surface area contributed by atoms with E-state index in [1.54, 1.807) is 30.7 Å². The van der Waals surface area contributed by atoms with E-state index in [0.717, 1.165) is 22.2 Å². The number of imidazole rings is 1. The van der Waals surface area contributed by atoms with Gasteiger partial charge in [-0.1, -0.05) is 0 Å². The number of urea groups is 1. The molecule has 1 aromatic carbocycles. The van der Waals surface area contributed by atoms with Crippen LogP contribution in [0.1, 0.15) is 6.92 Å². The lowest BCUT2D eigenvalue weighted by molar-refractivity contribution is 0.252. The van der Waals surface area contributed by atoms with Crippen LogP contribution in [0.4, 0.5) is 16.6 Å². The zero-order valence-corrected chi connectivity index (χ0v) is 15.1. The molecule has 3 aromatic heterocycles. The van der Waals surface area contributed by atoms with Crippen LogP contribution >= 0.6 is 0 Å². The number of aromatic nitrogens is 5. The first-order chi connectivity index (χ1) is 13.6. The van der Waals surface area contributed by atoms with Crippen molar-refractivity contribution in [1.29, 1.82) is 0 Å². The van der Waals surface area contributed by atoms with E-state index >= 15 is 0 Å². The molecule has 0 unspecified atom stereocenters. The molecule has 0 radical (unpaired) electrons. The fourth-order valence-electron chi connectivity index (χ4n) is 2.84. The summed E-state index contributed by atoms with van der Waals surface area (Å²) in [6.45, 7) is 2.36. The van der Waals surface area contributed by atoms with E-state index < -0.39 is 0 Å². The maximum absolute atomic E-state index is 11.8. The summed E-state index contributed by atoms with van der Waals surface area (Å²) in [5.41, 5.74) is 9.63. The second-order valence-electron chi connectivity index (χ2n) is 6.03. The highest BCUT2D eigenvalue weighted by Gasteiger charge is 2.15. The topological polar surface area (TPSA) is 134 Å². The minimum Gasteiger partial charge on any atom is -0.384 e. The number of carbonyl (C=O) groups excluding carboxylic acids is 1. The van der Waals surface area contributed by atoms with Gasteiger partial charge in [0.2, 0.25) is 5.95 Å². The highest BCUT2D eigenvalue weighted by atomic mass is 16.2. The number of rotatable bonds is 4. The molecular formula is C19H18N8O. The maximum Gasteiger partial charge on any atom is 0.321 e. The van der Waals surface area contributed by atoms with Crippen LogP contribution in [0.15, 0.2) is 48.9 Å². The molecule has 9 heteroatoms. The van der Waals surface area contributed by atoms with Gasteiger partial charge in [-0.2, -0.15) is 0 Å². The van der Waals surface area contributed by atoms with Crippen LogP contribution < -0.4 is 16.4 Å². The zero-order chi connectivity index (χ0) is 19.5. The number of hydrogen-bond donors (Lipinski definition) is 4. The van der Waals surface area contributed by atoms with Crippen LogP contribution in [0.3, 0.4) is 0 Å². The number of amides is 2. The lowest BCUT2D eigenvalue weighted by Gasteiger charge is -2.06. The van der Waals surface area contributed by atoms with E-state index in [1.807, 2.05) is 25.1 Å². The second kappa shape index (κ2) is 7.31. The third kappa shape index (κ3) is 3.45. The number of hydrogen-bond acceptors (Lipinski definition) is 6. The fraction of sp³-hybridized carbons (Fsp3) is 0.105. The van der Waals surface area contributed by atoms with E-state index in [1.165, 1.54) is 0 Å². The summed E-state index contributed by atoms with van der Waals surface area (Å²) < 4.78 is 0. The molecule has 0 saturated heterocycles. The standard InChI is InChI=1S/C19H18N8O/c1-2-21-19(28)27-18-25-14-9-12(11-4-5-15(20)24-10-11)8-13(16(14)26-18)17-22-6-3-7-23-17/h3-10H,2H2,1H3,(H2,20,24)(H3,21,25,26,27,28). The molecule has 2 amide bonds. The smallest absolute Gasteiger partial charge is 0.321 e. The highest BCUT2D eigenvalue weighted by molar-refractivity contribution is 5.97. The van der Waals surface area contributed by atoms with Crippen LogP contribution in [0, 0.1) is 0 Å². The van der Waals surface area contributed by atoms with Crippen molar-refractivity contribution in [3.63, 3.8) is 0 Å². The third-order valence-corrected chi connectivity index (χ3v) is 4.09. The first kappa shape index (κ1) is 17.4. The molecule has 4 rings (SSSR count). The Bertz CT molecular complexity index is 1120. The third-order valence-electron chi connectivity index (χ3n) is 4.09. The largest absolute Gasteiger partial charge is 0.384 e. The Labute approximate surface area is 160 Å². The van der Waals surface area contributed by atoms with Crippen LogP contribution in [0.5, 0.6) is 0 Å². The zero-order valence-electron chi connectivity index (χ0n) is 15.1. The van der Waals surface area contributed by atoms with Gasteiger partial charge >= 0.3 is 6.03 Å². The van der Waals surface area contributed by atoms with Gasteiger partial charge < -0.3 is 16.0 Å². The Balaban J connectivity index is 1.86. The van der Waals surface area contributed by atoms with Crippen molar-refractivity contribution in [3.8, 4) is 22.5 Å². The van der Waals surface area contributed by atoms with Crippen LogP contribution in [0.25, 0.3) is 33.5 Å². The Kier molecular flexibility index (Phi) is 4.55. The van der Waals surface area contributed by atoms with E-state index in [4.69, 9.17) is 5.73 Å². The maximum atomic E-state index is 11.8. The number of benzene rings is 1. The van der Waals surface area contributed by atoms with Crippen molar-refractivity contribution in [2.75, 3.05) is 17.6 Å². The molecule has 0 aliphatic heterocycles. The lowest BCUT2D eigenvalue weighted by Crippen LogP contribution is -2.28. The number of nitrogens with one attached hydrogen (secondary N) is 3. The normalized spacial score (nSPS) is 10.8. The van der Waals surface area contributed by atoms with Gasteiger partial charge in [-0.15, -0.1) is 0 Å². The summed E-state index contributed by atoms with van der Waals surface area (Å²) in [5, 5.41) is 5.36. The molecule has 28 heavy (non-hydrogen) atoms. The van der Waals surface area contributed by atoms with Gasteiger partial charge in [-0.25, -0.2) is 24.7 Å². The van der Waals surface area contributed by atoms with Crippen LogP contribution in [0.2, 0.25) is 0 Å². The Morgan fingerprint density at radius 2 is 1.96 bits per heavy atom. The van der Waals surface area contributed by atoms with Crippen molar-refractivity contribution in [2.24, 2.45) is 0 Å². The quantitative estimate of drug-likeness (QED) is 0.434. The molecule has 0 fully saturated rings. The number of H-pyrrole nitrogens is 1. The number of anilines is 2. The number of nitrogens with zero attached hydrogens (tertiary/aromatic N) is 4. The molecule has 5 N–H and O–H groups in total. The summed E-state index contributed by atoms with van der Waals surface area (Å²) in [4.78, 5) is 32.3. The summed E-state index contributed by atoms with van der Waals surface area (Å²) in [5.74, 6) is 1.33. The SMILES string of the molecule is CCNC(=O)Nc1nc2cc(-c3ccc(N)nc3)cc(-c3ncccn3)c2[nH]1. The van der Waals surface area contributed by atoms with Gasteiger partial charge in [-0.05, 0) is 42.8 Å². The molecular weight excluding hydrogens is 356 g/mol. The van der Waals surface area contributed by atoms with E-state index in [-0.39, 0.29) is 6.03 Å². The molecule has 0 saturated carbocycles. The second-order valence-corrected chi connectivity index (χ2v) is 6.03. The van der Waals surface area contributed by atoms with Gasteiger partial charge in [0.15, 0.2) is 5.82 Å². The molecule has 3 heterocycles. The van der Waals surface area contributed by atoms with Gasteiger partial charge in [0.25, 0.3) is 0 Å². The van der Waals surface area contributed by atoms with Crippen LogP contribution in [-0.4, -0.2) is 37.5 Å². The number of nitrogens with two attached hydrogens (primary N) is 1. The molecule has 0 aliphatic carbocycles. The molecule has 140 valence electrons. The summed E-state index contributed by atoms with van der Waals surface area (Å²) in [7, 11) is 0. The Hall–Kier alpha value is -4.01. The van der Waals surface area contributed by atoms with Gasteiger partial charge in [-0.3, -0.25) is 5.32 Å².